The molecular formula is C18H24N2. The van der Waals surface area contributed by atoms with Crippen molar-refractivity contribution < 1.29 is 0 Å². The number of fused-ring (bicyclic) bond motifs is 1. The highest BCUT2D eigenvalue weighted by Gasteiger charge is 2.20. The average molecular weight is 268 g/mol. The molecule has 0 aromatic heterocycles. The number of hydrogen-bond acceptors (Lipinski definition) is 2. The summed E-state index contributed by atoms with van der Waals surface area (Å²) in [4.78, 5) is 2.55. The van der Waals surface area contributed by atoms with Crippen LogP contribution in [0.2, 0.25) is 0 Å². The molecule has 0 amide bonds. The van der Waals surface area contributed by atoms with Crippen LogP contribution in [0.4, 0.5) is 0 Å². The first-order valence-electron chi connectivity index (χ1n) is 7.76. The molecule has 1 unspecified atom stereocenters. The monoisotopic (exact) mass is 268 g/mol. The molecule has 0 radical (unpaired) electrons. The van der Waals surface area contributed by atoms with E-state index in [0.717, 1.165) is 19.0 Å². The predicted molar refractivity (Wildman–Crippen MR) is 85.9 cm³/mol. The molecular weight excluding hydrogens is 244 g/mol. The van der Waals surface area contributed by atoms with Crippen molar-refractivity contribution >= 4 is 10.8 Å². The first kappa shape index (κ1) is 13.6. The highest BCUT2D eigenvalue weighted by atomic mass is 15.1. The molecule has 1 atom stereocenters. The van der Waals surface area contributed by atoms with Crippen molar-refractivity contribution in [2.75, 3.05) is 26.2 Å². The van der Waals surface area contributed by atoms with Crippen LogP contribution in [0.25, 0.3) is 10.8 Å². The number of likely N-dealkylation sites (tertiary alicyclic amines) is 1. The minimum Gasteiger partial charge on any atom is -0.312 e. The maximum atomic E-state index is 3.65. The van der Waals surface area contributed by atoms with E-state index in [2.05, 4.69) is 59.6 Å². The Bertz CT molecular complexity index is 559. The predicted octanol–water partition coefficient (Wildman–Crippen LogP) is 3.27. The van der Waals surface area contributed by atoms with Gasteiger partial charge >= 0.3 is 0 Å². The van der Waals surface area contributed by atoms with E-state index in [1.807, 2.05) is 0 Å². The number of nitrogens with zero attached hydrogens (tertiary/aromatic N) is 1. The summed E-state index contributed by atoms with van der Waals surface area (Å²) in [6, 6.07) is 15.2. The lowest BCUT2D eigenvalue weighted by atomic mass is 10.0. The van der Waals surface area contributed by atoms with Crippen molar-refractivity contribution in [3.8, 4) is 0 Å². The minimum absolute atomic E-state index is 0.824. The minimum atomic E-state index is 0.824. The van der Waals surface area contributed by atoms with Crippen LogP contribution in [0.5, 0.6) is 0 Å². The normalized spacial score (nSPS) is 19.8. The lowest BCUT2D eigenvalue weighted by molar-refractivity contribution is 0.339. The standard InChI is InChI=1S/C18H24N2/c1-2-20-11-10-15(14-20)12-19-13-17-8-5-7-16-6-3-4-9-18(16)17/h3-9,15,19H,2,10-14H2,1H3. The van der Waals surface area contributed by atoms with Crippen molar-refractivity contribution in [1.82, 2.24) is 10.2 Å². The molecule has 1 N–H and O–H groups in total. The Hall–Kier alpha value is -1.38. The molecule has 1 aliphatic heterocycles. The van der Waals surface area contributed by atoms with Crippen molar-refractivity contribution in [1.29, 1.82) is 0 Å². The molecule has 1 saturated heterocycles. The van der Waals surface area contributed by atoms with Gasteiger partial charge in [0.15, 0.2) is 0 Å². The Kier molecular flexibility index (Phi) is 4.34. The Labute approximate surface area is 121 Å². The summed E-state index contributed by atoms with van der Waals surface area (Å²) in [6.07, 6.45) is 1.34. The van der Waals surface area contributed by atoms with E-state index >= 15 is 0 Å². The molecule has 2 aromatic rings. The van der Waals surface area contributed by atoms with E-state index in [1.54, 1.807) is 0 Å². The Morgan fingerprint density at radius 2 is 2.00 bits per heavy atom. The maximum Gasteiger partial charge on any atom is 0.0211 e. The van der Waals surface area contributed by atoms with E-state index in [4.69, 9.17) is 0 Å². The van der Waals surface area contributed by atoms with Crippen LogP contribution >= 0.6 is 0 Å². The van der Waals surface area contributed by atoms with Crippen LogP contribution < -0.4 is 5.32 Å². The summed E-state index contributed by atoms with van der Waals surface area (Å²) in [6.45, 7) is 8.10. The molecule has 2 nitrogen and oxygen atoms in total. The lowest BCUT2D eigenvalue weighted by Gasteiger charge is -2.14. The van der Waals surface area contributed by atoms with E-state index < -0.39 is 0 Å². The highest BCUT2D eigenvalue weighted by molar-refractivity contribution is 5.85. The van der Waals surface area contributed by atoms with Gasteiger partial charge in [0.2, 0.25) is 0 Å². The number of hydrogen-bond donors (Lipinski definition) is 1. The SMILES string of the molecule is CCN1CCC(CNCc2cccc3ccccc23)C1. The summed E-state index contributed by atoms with van der Waals surface area (Å²) in [7, 11) is 0. The second kappa shape index (κ2) is 6.38. The third kappa shape index (κ3) is 3.02. The Morgan fingerprint density at radius 1 is 1.15 bits per heavy atom. The maximum absolute atomic E-state index is 3.65. The van der Waals surface area contributed by atoms with E-state index in [0.29, 0.717) is 0 Å². The molecule has 1 heterocycles. The molecule has 0 aliphatic carbocycles. The summed E-state index contributed by atoms with van der Waals surface area (Å²) in [5, 5.41) is 6.37. The van der Waals surface area contributed by atoms with E-state index in [9.17, 15) is 0 Å². The van der Waals surface area contributed by atoms with Gasteiger partial charge in [0.1, 0.15) is 0 Å². The van der Waals surface area contributed by atoms with E-state index in [1.165, 1.54) is 42.4 Å². The number of rotatable bonds is 5. The van der Waals surface area contributed by atoms with Crippen LogP contribution in [0.1, 0.15) is 18.9 Å². The van der Waals surface area contributed by atoms with Gasteiger partial charge in [-0.25, -0.2) is 0 Å². The van der Waals surface area contributed by atoms with Gasteiger partial charge in [-0.05, 0) is 48.3 Å². The first-order chi connectivity index (χ1) is 9.86. The van der Waals surface area contributed by atoms with Crippen molar-refractivity contribution in [2.45, 2.75) is 19.9 Å². The van der Waals surface area contributed by atoms with Gasteiger partial charge in [0.05, 0.1) is 0 Å². The van der Waals surface area contributed by atoms with Crippen molar-refractivity contribution in [3.05, 3.63) is 48.0 Å². The number of nitrogens with one attached hydrogen (secondary N) is 1. The topological polar surface area (TPSA) is 15.3 Å². The fourth-order valence-electron chi connectivity index (χ4n) is 3.22. The average Bonchev–Trinajstić information content (AvgIpc) is 2.95. The van der Waals surface area contributed by atoms with Crippen LogP contribution in [0.15, 0.2) is 42.5 Å². The fourth-order valence-corrected chi connectivity index (χ4v) is 3.22. The smallest absolute Gasteiger partial charge is 0.0211 e. The summed E-state index contributed by atoms with van der Waals surface area (Å²) in [5.74, 6) is 0.824. The summed E-state index contributed by atoms with van der Waals surface area (Å²) >= 11 is 0. The van der Waals surface area contributed by atoms with Crippen LogP contribution in [-0.2, 0) is 6.54 Å². The second-order valence-electron chi connectivity index (χ2n) is 5.82. The highest BCUT2D eigenvalue weighted by Crippen LogP contribution is 2.19. The molecule has 1 aliphatic rings. The van der Waals surface area contributed by atoms with Gasteiger partial charge in [-0.1, -0.05) is 49.4 Å². The molecule has 2 heteroatoms. The molecule has 20 heavy (non-hydrogen) atoms. The molecule has 0 spiro atoms. The zero-order valence-corrected chi connectivity index (χ0v) is 12.3. The number of benzene rings is 2. The zero-order valence-electron chi connectivity index (χ0n) is 12.3. The summed E-state index contributed by atoms with van der Waals surface area (Å²) in [5.41, 5.74) is 1.41. The van der Waals surface area contributed by atoms with E-state index in [-0.39, 0.29) is 0 Å². The molecule has 0 saturated carbocycles. The molecule has 2 aromatic carbocycles. The third-order valence-corrected chi connectivity index (χ3v) is 4.45. The van der Waals surface area contributed by atoms with Gasteiger partial charge < -0.3 is 10.2 Å². The van der Waals surface area contributed by atoms with Gasteiger partial charge in [-0.15, -0.1) is 0 Å². The van der Waals surface area contributed by atoms with Gasteiger partial charge in [0, 0.05) is 13.1 Å². The van der Waals surface area contributed by atoms with Gasteiger partial charge in [-0.3, -0.25) is 0 Å². The van der Waals surface area contributed by atoms with Crippen LogP contribution in [-0.4, -0.2) is 31.1 Å². The first-order valence-corrected chi connectivity index (χ1v) is 7.76. The van der Waals surface area contributed by atoms with Crippen LogP contribution in [0.3, 0.4) is 0 Å². The summed E-state index contributed by atoms with van der Waals surface area (Å²) < 4.78 is 0. The van der Waals surface area contributed by atoms with Crippen molar-refractivity contribution in [3.63, 3.8) is 0 Å². The van der Waals surface area contributed by atoms with Gasteiger partial charge in [-0.2, -0.15) is 0 Å². The van der Waals surface area contributed by atoms with Gasteiger partial charge in [0.25, 0.3) is 0 Å². The largest absolute Gasteiger partial charge is 0.312 e. The third-order valence-electron chi connectivity index (χ3n) is 4.45. The quantitative estimate of drug-likeness (QED) is 0.895. The molecule has 1 fully saturated rings. The Balaban J connectivity index is 1.58. The van der Waals surface area contributed by atoms with Crippen LogP contribution in [0, 0.1) is 5.92 Å². The zero-order chi connectivity index (χ0) is 13.8. The Morgan fingerprint density at radius 3 is 2.85 bits per heavy atom. The lowest BCUT2D eigenvalue weighted by Crippen LogP contribution is -2.26. The fraction of sp³-hybridized carbons (Fsp3) is 0.444. The second-order valence-corrected chi connectivity index (χ2v) is 5.82. The molecule has 0 bridgehead atoms. The molecule has 3 rings (SSSR count). The molecule has 106 valence electrons. The van der Waals surface area contributed by atoms with Crippen molar-refractivity contribution in [2.24, 2.45) is 5.92 Å².